The molecule has 0 bridgehead atoms. The summed E-state index contributed by atoms with van der Waals surface area (Å²) in [5.74, 6) is -2.21. The van der Waals surface area contributed by atoms with E-state index in [0.717, 1.165) is 16.8 Å². The summed E-state index contributed by atoms with van der Waals surface area (Å²) in [6, 6.07) is 12.2. The lowest BCUT2D eigenvalue weighted by Gasteiger charge is -2.16. The highest BCUT2D eigenvalue weighted by atomic mass is 19.4. The second-order valence-corrected chi connectivity index (χ2v) is 9.73. The van der Waals surface area contributed by atoms with Gasteiger partial charge in [-0.05, 0) is 46.4 Å². The summed E-state index contributed by atoms with van der Waals surface area (Å²) in [7, 11) is 3.07. The highest BCUT2D eigenvalue weighted by Gasteiger charge is 2.38. The number of amides is 2. The predicted octanol–water partition coefficient (Wildman–Crippen LogP) is 3.21. The Morgan fingerprint density at radius 2 is 1.66 bits per heavy atom. The van der Waals surface area contributed by atoms with Gasteiger partial charge in [0, 0.05) is 6.54 Å². The Bertz CT molecular complexity index is 1390. The highest BCUT2D eigenvalue weighted by molar-refractivity contribution is 6.02. The van der Waals surface area contributed by atoms with E-state index in [9.17, 15) is 22.8 Å². The molecule has 16 heteroatoms. The topological polar surface area (TPSA) is 189 Å². The summed E-state index contributed by atoms with van der Waals surface area (Å²) < 4.78 is 42.2. The fourth-order valence-electron chi connectivity index (χ4n) is 3.71. The number of benzene rings is 2. The fourth-order valence-corrected chi connectivity index (χ4v) is 3.71. The molecule has 5 N–H and O–H groups in total. The van der Waals surface area contributed by atoms with E-state index in [0.29, 0.717) is 36.6 Å². The minimum atomic E-state index is -5.08. The normalized spacial score (nSPS) is 13.4. The molecule has 1 aliphatic heterocycles. The first-order valence-electron chi connectivity index (χ1n) is 13.2. The van der Waals surface area contributed by atoms with Gasteiger partial charge in [0.15, 0.2) is 17.5 Å². The number of nitrogens with one attached hydrogen (secondary N) is 2. The molecule has 0 aromatic heterocycles. The molecular formula is C28H34F3N7O6. The number of nitrogens with zero attached hydrogens (tertiary/aromatic N) is 4. The van der Waals surface area contributed by atoms with Crippen LogP contribution in [0.4, 0.5) is 13.2 Å². The summed E-state index contributed by atoms with van der Waals surface area (Å²) >= 11 is 0. The Balaban J connectivity index is 0.000000860. The van der Waals surface area contributed by atoms with Crippen molar-refractivity contribution in [3.05, 3.63) is 59.2 Å². The molecule has 0 spiro atoms. The van der Waals surface area contributed by atoms with Gasteiger partial charge in [-0.25, -0.2) is 9.79 Å². The third-order valence-electron chi connectivity index (χ3n) is 5.82. The smallest absolute Gasteiger partial charge is 0.490 e. The van der Waals surface area contributed by atoms with Crippen molar-refractivity contribution in [2.24, 2.45) is 32.1 Å². The van der Waals surface area contributed by atoms with Gasteiger partial charge in [0.2, 0.25) is 11.8 Å². The summed E-state index contributed by atoms with van der Waals surface area (Å²) in [5.41, 5.74) is 9.39. The molecule has 0 fully saturated rings. The van der Waals surface area contributed by atoms with Crippen molar-refractivity contribution in [1.82, 2.24) is 10.6 Å². The molecule has 0 radical (unpaired) electrons. The molecule has 1 heterocycles. The Morgan fingerprint density at radius 3 is 2.18 bits per heavy atom. The van der Waals surface area contributed by atoms with Crippen molar-refractivity contribution in [2.75, 3.05) is 20.8 Å². The van der Waals surface area contributed by atoms with Gasteiger partial charge in [-0.1, -0.05) is 44.2 Å². The number of halogens is 3. The maximum atomic E-state index is 12.9. The Kier molecular flexibility index (Phi) is 13.3. The van der Waals surface area contributed by atoms with Gasteiger partial charge in [0.05, 0.1) is 26.4 Å². The number of carbonyl (C=O) groups is 3. The lowest BCUT2D eigenvalue weighted by atomic mass is 10.0. The summed E-state index contributed by atoms with van der Waals surface area (Å²) in [4.78, 5) is 38.6. The third kappa shape index (κ3) is 11.7. The van der Waals surface area contributed by atoms with Gasteiger partial charge >= 0.3 is 12.1 Å². The largest absolute Gasteiger partial charge is 0.493 e. The predicted molar refractivity (Wildman–Crippen MR) is 154 cm³/mol. The molecule has 44 heavy (non-hydrogen) atoms. The Hall–Kier alpha value is -5.02. The number of rotatable bonds is 11. The molecule has 3 rings (SSSR count). The van der Waals surface area contributed by atoms with E-state index in [2.05, 4.69) is 31.1 Å². The maximum absolute atomic E-state index is 12.9. The quantitative estimate of drug-likeness (QED) is 0.219. The number of alkyl halides is 3. The first-order chi connectivity index (χ1) is 20.7. The number of aliphatic carboxylic acids is 1. The number of ether oxygens (including phenoxy) is 2. The molecule has 0 aliphatic carbocycles. The van der Waals surface area contributed by atoms with Crippen LogP contribution in [0.1, 0.15) is 37.0 Å². The second kappa shape index (κ2) is 16.6. The lowest BCUT2D eigenvalue weighted by molar-refractivity contribution is -0.192. The molecule has 1 aliphatic rings. The van der Waals surface area contributed by atoms with Crippen molar-refractivity contribution in [3.63, 3.8) is 0 Å². The van der Waals surface area contributed by atoms with Crippen molar-refractivity contribution in [1.29, 1.82) is 0 Å². The van der Waals surface area contributed by atoms with E-state index in [-0.39, 0.29) is 30.1 Å². The standard InChI is InChI=1S/C26H33N7O4.C2HF3O2/c1-16(2)11-20(25(35)28-14-17-5-8-19(9-6-17)21-15-29-33-32-21)30-26(27)31-24(34)13-18-7-10-22(36-3)23(12-18)37-4;3-2(4,5)1(6)7/h5-10,12,16,20H,11,13-15H2,1-4H3,(H,28,35)(H3,27,30,31,34);(H,6,7)/t20-;/m1./s1. The number of carboxylic acid groups (broad SMARTS) is 1. The average Bonchev–Trinajstić information content (AvgIpc) is 3.50. The number of nitrogens with two attached hydrogens (primary N) is 1. The number of methoxy groups -OCH3 is 2. The molecule has 0 saturated carbocycles. The summed E-state index contributed by atoms with van der Waals surface area (Å²) in [6.07, 6.45) is -4.55. The van der Waals surface area contributed by atoms with E-state index in [1.165, 1.54) is 7.11 Å². The number of guanidine groups is 1. The zero-order valence-electron chi connectivity index (χ0n) is 24.5. The molecule has 2 aromatic carbocycles. The van der Waals surface area contributed by atoms with Crippen LogP contribution in [0.3, 0.4) is 0 Å². The van der Waals surface area contributed by atoms with Crippen LogP contribution in [0.15, 0.2) is 62.9 Å². The maximum Gasteiger partial charge on any atom is 0.490 e. The molecule has 2 aromatic rings. The third-order valence-corrected chi connectivity index (χ3v) is 5.82. The van der Waals surface area contributed by atoms with Crippen LogP contribution in [0.2, 0.25) is 0 Å². The number of hydrogen-bond donors (Lipinski definition) is 4. The van der Waals surface area contributed by atoms with Gasteiger partial charge < -0.3 is 25.6 Å². The number of aliphatic imine (C=N–C) groups is 1. The molecular weight excluding hydrogens is 587 g/mol. The molecule has 13 nitrogen and oxygen atoms in total. The van der Waals surface area contributed by atoms with Crippen molar-refractivity contribution < 1.29 is 42.1 Å². The Morgan fingerprint density at radius 1 is 1.05 bits per heavy atom. The molecule has 0 unspecified atom stereocenters. The van der Waals surface area contributed by atoms with Crippen molar-refractivity contribution >= 4 is 29.5 Å². The van der Waals surface area contributed by atoms with Gasteiger partial charge in [-0.2, -0.15) is 18.3 Å². The molecule has 238 valence electrons. The van der Waals surface area contributed by atoms with Crippen molar-refractivity contribution in [3.8, 4) is 11.5 Å². The van der Waals surface area contributed by atoms with Crippen LogP contribution in [0.25, 0.3) is 0 Å². The number of hydrogen-bond acceptors (Lipinski definition) is 9. The van der Waals surface area contributed by atoms with Crippen LogP contribution in [-0.4, -0.2) is 67.5 Å². The zero-order chi connectivity index (χ0) is 32.9. The van der Waals surface area contributed by atoms with Crippen LogP contribution in [-0.2, 0) is 27.3 Å². The van der Waals surface area contributed by atoms with E-state index in [4.69, 9.17) is 25.1 Å². The monoisotopic (exact) mass is 621 g/mol. The lowest BCUT2D eigenvalue weighted by Crippen LogP contribution is -2.41. The van der Waals surface area contributed by atoms with E-state index in [1.54, 1.807) is 25.3 Å². The minimum Gasteiger partial charge on any atom is -0.493 e. The van der Waals surface area contributed by atoms with Crippen LogP contribution in [0, 0.1) is 5.92 Å². The SMILES string of the molecule is COc1ccc(CC(=O)NC(N)=N[C@H](CC(C)C)C(=O)NCc2ccc(C3=NN=NC3)cc2)cc1OC.O=C(O)C(F)(F)F. The van der Waals surface area contributed by atoms with Gasteiger partial charge in [-0.3, -0.25) is 14.9 Å². The van der Waals surface area contributed by atoms with E-state index < -0.39 is 18.2 Å². The van der Waals surface area contributed by atoms with E-state index in [1.807, 2.05) is 38.1 Å². The first kappa shape index (κ1) is 35.2. The molecule has 1 atom stereocenters. The van der Waals surface area contributed by atoms with Crippen molar-refractivity contribution in [2.45, 2.75) is 45.5 Å². The molecule has 0 saturated heterocycles. The second-order valence-electron chi connectivity index (χ2n) is 9.73. The minimum absolute atomic E-state index is 0.0578. The van der Waals surface area contributed by atoms with Gasteiger partial charge in [-0.15, -0.1) is 5.10 Å². The van der Waals surface area contributed by atoms with Gasteiger partial charge in [0.1, 0.15) is 12.6 Å². The Labute approximate surface area is 251 Å². The number of carboxylic acids is 1. The van der Waals surface area contributed by atoms with Crippen LogP contribution < -0.4 is 25.8 Å². The number of carbonyl (C=O) groups excluding carboxylic acids is 2. The summed E-state index contributed by atoms with van der Waals surface area (Å²) in [5, 5.41) is 24.1. The average molecular weight is 622 g/mol. The van der Waals surface area contributed by atoms with E-state index >= 15 is 0 Å². The van der Waals surface area contributed by atoms with Crippen LogP contribution >= 0.6 is 0 Å². The summed E-state index contributed by atoms with van der Waals surface area (Å²) in [6.45, 7) is 4.78. The first-order valence-corrected chi connectivity index (χ1v) is 13.2. The van der Waals surface area contributed by atoms with Crippen LogP contribution in [0.5, 0.6) is 11.5 Å². The highest BCUT2D eigenvalue weighted by Crippen LogP contribution is 2.27. The van der Waals surface area contributed by atoms with Gasteiger partial charge in [0.25, 0.3) is 0 Å². The molecule has 2 amide bonds. The zero-order valence-corrected chi connectivity index (χ0v) is 24.5. The fraction of sp³-hybridized carbons (Fsp3) is 0.393.